The lowest BCUT2D eigenvalue weighted by molar-refractivity contribution is 0.0740. The number of carbonyl (C=O) groups is 1. The van der Waals surface area contributed by atoms with Crippen molar-refractivity contribution in [1.29, 1.82) is 0 Å². The van der Waals surface area contributed by atoms with Crippen molar-refractivity contribution in [3.05, 3.63) is 70.8 Å². The third-order valence-corrected chi connectivity index (χ3v) is 5.18. The van der Waals surface area contributed by atoms with Gasteiger partial charge in [-0.1, -0.05) is 28.9 Å². The Balaban J connectivity index is 1.47. The average Bonchev–Trinajstić information content (AvgIpc) is 3.10. The molecule has 1 aromatic heterocycles. The molecule has 6 nitrogen and oxygen atoms in total. The molecule has 2 heterocycles. The number of nitrogens with zero attached hydrogens (tertiary/aromatic N) is 5. The molecule has 144 valence electrons. The first-order chi connectivity index (χ1) is 13.5. The maximum Gasteiger partial charge on any atom is 0.276 e. The summed E-state index contributed by atoms with van der Waals surface area (Å²) >= 11 is 5.93. The Kier molecular flexibility index (Phi) is 5.00. The van der Waals surface area contributed by atoms with Crippen LogP contribution in [-0.2, 0) is 0 Å². The fraction of sp³-hybridized carbons (Fsp3) is 0.250. The molecular weight excluding hydrogens is 381 g/mol. The summed E-state index contributed by atoms with van der Waals surface area (Å²) in [5, 5.41) is 8.85. The summed E-state index contributed by atoms with van der Waals surface area (Å²) in [6.07, 6.45) is 0. The molecule has 0 unspecified atom stereocenters. The molecule has 1 fully saturated rings. The van der Waals surface area contributed by atoms with Crippen LogP contribution >= 0.6 is 11.6 Å². The minimum Gasteiger partial charge on any atom is -0.366 e. The van der Waals surface area contributed by atoms with Crippen LogP contribution in [0.4, 0.5) is 10.1 Å². The van der Waals surface area contributed by atoms with Gasteiger partial charge in [-0.25, -0.2) is 9.07 Å². The van der Waals surface area contributed by atoms with Gasteiger partial charge in [-0.2, -0.15) is 0 Å². The second kappa shape index (κ2) is 7.59. The molecule has 1 aliphatic heterocycles. The fourth-order valence-electron chi connectivity index (χ4n) is 3.36. The normalized spacial score (nSPS) is 14.4. The predicted octanol–water partition coefficient (Wildman–Crippen LogP) is 3.33. The van der Waals surface area contributed by atoms with E-state index in [1.165, 1.54) is 6.07 Å². The van der Waals surface area contributed by atoms with Gasteiger partial charge in [0.05, 0.1) is 17.1 Å². The lowest BCUT2D eigenvalue weighted by Crippen LogP contribution is -2.49. The van der Waals surface area contributed by atoms with E-state index in [-0.39, 0.29) is 11.7 Å². The Morgan fingerprint density at radius 1 is 1.04 bits per heavy atom. The molecular formula is C20H19ClFN5O. The Morgan fingerprint density at radius 3 is 2.39 bits per heavy atom. The molecule has 2 aromatic carbocycles. The first-order valence-corrected chi connectivity index (χ1v) is 9.39. The van der Waals surface area contributed by atoms with E-state index in [9.17, 15) is 9.18 Å². The molecule has 0 saturated carbocycles. The van der Waals surface area contributed by atoms with Crippen LogP contribution in [0.1, 0.15) is 16.2 Å². The summed E-state index contributed by atoms with van der Waals surface area (Å²) in [6.45, 7) is 3.95. The smallest absolute Gasteiger partial charge is 0.276 e. The summed E-state index contributed by atoms with van der Waals surface area (Å²) in [6, 6.07) is 13.9. The van der Waals surface area contributed by atoms with Crippen LogP contribution in [0.2, 0.25) is 5.02 Å². The molecule has 1 saturated heterocycles. The van der Waals surface area contributed by atoms with E-state index in [0.717, 1.165) is 5.69 Å². The number of hydrogen-bond acceptors (Lipinski definition) is 4. The highest BCUT2D eigenvalue weighted by molar-refractivity contribution is 6.30. The van der Waals surface area contributed by atoms with Crippen LogP contribution in [-0.4, -0.2) is 52.0 Å². The molecule has 0 aliphatic carbocycles. The molecule has 3 aromatic rings. The number of halogens is 2. The van der Waals surface area contributed by atoms with E-state index in [1.807, 2.05) is 30.0 Å². The number of anilines is 1. The number of benzene rings is 2. The van der Waals surface area contributed by atoms with Crippen LogP contribution in [0.15, 0.2) is 48.5 Å². The Morgan fingerprint density at radius 2 is 1.71 bits per heavy atom. The van der Waals surface area contributed by atoms with Gasteiger partial charge in [0, 0.05) is 31.2 Å². The van der Waals surface area contributed by atoms with Crippen LogP contribution < -0.4 is 4.90 Å². The summed E-state index contributed by atoms with van der Waals surface area (Å²) in [7, 11) is 0. The van der Waals surface area contributed by atoms with E-state index in [4.69, 9.17) is 11.6 Å². The molecule has 1 amide bonds. The molecule has 0 spiro atoms. The molecule has 0 atom stereocenters. The third-order valence-electron chi connectivity index (χ3n) is 4.93. The number of amides is 1. The summed E-state index contributed by atoms with van der Waals surface area (Å²) in [5.74, 6) is -0.407. The van der Waals surface area contributed by atoms with Crippen molar-refractivity contribution >= 4 is 23.2 Å². The molecule has 0 N–H and O–H groups in total. The van der Waals surface area contributed by atoms with Gasteiger partial charge in [-0.3, -0.25) is 4.79 Å². The Hall–Kier alpha value is -2.93. The SMILES string of the molecule is Cc1c(C(=O)N2CCN(c3ccccc3F)CC2)nnn1-c1ccc(Cl)cc1. The maximum atomic E-state index is 14.0. The van der Waals surface area contributed by atoms with Gasteiger partial charge < -0.3 is 9.80 Å². The van der Waals surface area contributed by atoms with Crippen LogP contribution in [0.25, 0.3) is 5.69 Å². The van der Waals surface area contributed by atoms with Gasteiger partial charge in [-0.05, 0) is 43.3 Å². The number of carbonyl (C=O) groups excluding carboxylic acids is 1. The molecule has 4 rings (SSSR count). The quantitative estimate of drug-likeness (QED) is 0.678. The van der Waals surface area contributed by atoms with Crippen molar-refractivity contribution in [3.8, 4) is 5.69 Å². The van der Waals surface area contributed by atoms with Crippen LogP contribution in [0.5, 0.6) is 0 Å². The summed E-state index contributed by atoms with van der Waals surface area (Å²) in [5.41, 5.74) is 2.36. The minimum absolute atomic E-state index is 0.161. The molecule has 1 aliphatic rings. The van der Waals surface area contributed by atoms with Gasteiger partial charge in [0.1, 0.15) is 5.82 Å². The van der Waals surface area contributed by atoms with Crippen molar-refractivity contribution in [2.75, 3.05) is 31.1 Å². The van der Waals surface area contributed by atoms with Gasteiger partial charge in [0.15, 0.2) is 5.69 Å². The number of hydrogen-bond donors (Lipinski definition) is 0. The average molecular weight is 400 g/mol. The van der Waals surface area contributed by atoms with Crippen molar-refractivity contribution in [3.63, 3.8) is 0 Å². The van der Waals surface area contributed by atoms with E-state index < -0.39 is 0 Å². The molecule has 28 heavy (non-hydrogen) atoms. The zero-order valence-electron chi connectivity index (χ0n) is 15.3. The Labute approximate surface area is 167 Å². The lowest BCUT2D eigenvalue weighted by Gasteiger charge is -2.35. The fourth-order valence-corrected chi connectivity index (χ4v) is 3.49. The van der Waals surface area contributed by atoms with E-state index >= 15 is 0 Å². The van der Waals surface area contributed by atoms with Crippen LogP contribution in [0, 0.1) is 12.7 Å². The largest absolute Gasteiger partial charge is 0.366 e. The number of para-hydroxylation sites is 1. The van der Waals surface area contributed by atoms with Gasteiger partial charge in [-0.15, -0.1) is 5.10 Å². The van der Waals surface area contributed by atoms with Crippen molar-refractivity contribution in [2.24, 2.45) is 0 Å². The molecule has 0 bridgehead atoms. The maximum absolute atomic E-state index is 14.0. The molecule has 8 heteroatoms. The highest BCUT2D eigenvalue weighted by Crippen LogP contribution is 2.21. The van der Waals surface area contributed by atoms with E-state index in [1.54, 1.807) is 33.8 Å². The van der Waals surface area contributed by atoms with Crippen LogP contribution in [0.3, 0.4) is 0 Å². The van der Waals surface area contributed by atoms with E-state index in [2.05, 4.69) is 10.3 Å². The summed E-state index contributed by atoms with van der Waals surface area (Å²) < 4.78 is 15.6. The summed E-state index contributed by atoms with van der Waals surface area (Å²) in [4.78, 5) is 16.6. The van der Waals surface area contributed by atoms with E-state index in [0.29, 0.717) is 48.3 Å². The second-order valence-electron chi connectivity index (χ2n) is 6.64. The first kappa shape index (κ1) is 18.4. The van der Waals surface area contributed by atoms with Gasteiger partial charge >= 0.3 is 0 Å². The third kappa shape index (κ3) is 3.45. The molecule has 0 radical (unpaired) electrons. The zero-order chi connectivity index (χ0) is 19.7. The van der Waals surface area contributed by atoms with Crippen molar-refractivity contribution in [2.45, 2.75) is 6.92 Å². The Bertz CT molecular complexity index is 996. The lowest BCUT2D eigenvalue weighted by atomic mass is 10.2. The van der Waals surface area contributed by atoms with Gasteiger partial charge in [0.2, 0.25) is 0 Å². The second-order valence-corrected chi connectivity index (χ2v) is 7.08. The van der Waals surface area contributed by atoms with Crippen molar-refractivity contribution < 1.29 is 9.18 Å². The van der Waals surface area contributed by atoms with Gasteiger partial charge in [0.25, 0.3) is 5.91 Å². The minimum atomic E-state index is -0.246. The highest BCUT2D eigenvalue weighted by Gasteiger charge is 2.27. The standard InChI is InChI=1S/C20H19ClFN5O/c1-14-19(23-24-27(14)16-8-6-15(21)7-9-16)20(28)26-12-10-25(11-13-26)18-5-3-2-4-17(18)22/h2-9H,10-13H2,1H3. The number of aromatic nitrogens is 3. The van der Waals surface area contributed by atoms with Crippen molar-refractivity contribution in [1.82, 2.24) is 19.9 Å². The highest BCUT2D eigenvalue weighted by atomic mass is 35.5. The predicted molar refractivity (Wildman–Crippen MR) is 106 cm³/mol. The monoisotopic (exact) mass is 399 g/mol. The number of piperazine rings is 1. The zero-order valence-corrected chi connectivity index (χ0v) is 16.1. The number of rotatable bonds is 3. The first-order valence-electron chi connectivity index (χ1n) is 9.01. The topological polar surface area (TPSA) is 54.3 Å².